The summed E-state index contributed by atoms with van der Waals surface area (Å²) in [4.78, 5) is 23.2. The van der Waals surface area contributed by atoms with Crippen LogP contribution in [0.25, 0.3) is 11.1 Å². The fraction of sp³-hybridized carbons (Fsp3) is 0.300. The molecular weight excluding hydrogens is 320 g/mol. The fourth-order valence-corrected chi connectivity index (χ4v) is 3.29. The monoisotopic (exact) mass is 340 g/mol. The van der Waals surface area contributed by atoms with Crippen LogP contribution in [0.5, 0.6) is 0 Å². The Bertz CT molecular complexity index is 738. The third kappa shape index (κ3) is 3.56. The van der Waals surface area contributed by atoms with Gasteiger partial charge in [-0.25, -0.2) is 0 Å². The molecule has 0 aliphatic heterocycles. The standard InChI is InChI=1S/C20H20O5/c1-24-11-13(20(22)23)10-19(21)25-12-18-16-8-4-2-6-14(16)15-7-3-5-9-17(15)18/h2-9,13,18H,10-12H2,1H3,(H,22,23)/t13-/m0/s1. The summed E-state index contributed by atoms with van der Waals surface area (Å²) in [6, 6.07) is 16.1. The number of hydrogen-bond donors (Lipinski definition) is 1. The van der Waals surface area contributed by atoms with Crippen LogP contribution in [-0.2, 0) is 19.1 Å². The lowest BCUT2D eigenvalue weighted by Crippen LogP contribution is -2.24. The Morgan fingerprint density at radius 2 is 1.60 bits per heavy atom. The number of aliphatic carboxylic acids is 1. The van der Waals surface area contributed by atoms with Crippen LogP contribution in [0.15, 0.2) is 48.5 Å². The molecule has 0 heterocycles. The molecule has 5 heteroatoms. The van der Waals surface area contributed by atoms with Crippen molar-refractivity contribution in [3.8, 4) is 11.1 Å². The zero-order chi connectivity index (χ0) is 17.8. The number of fused-ring (bicyclic) bond motifs is 3. The summed E-state index contributed by atoms with van der Waals surface area (Å²) in [5.74, 6) is -2.50. The van der Waals surface area contributed by atoms with E-state index in [1.54, 1.807) is 0 Å². The second kappa shape index (κ2) is 7.49. The number of carbonyl (C=O) groups excluding carboxylic acids is 1. The highest BCUT2D eigenvalue weighted by atomic mass is 16.5. The Balaban J connectivity index is 1.71. The summed E-state index contributed by atoms with van der Waals surface area (Å²) in [5.41, 5.74) is 4.57. The summed E-state index contributed by atoms with van der Waals surface area (Å²) in [6.07, 6.45) is -0.195. The number of ether oxygens (including phenoxy) is 2. The SMILES string of the molecule is COC[C@H](CC(=O)OCC1c2ccccc2-c2ccccc21)C(=O)O. The summed E-state index contributed by atoms with van der Waals surface area (Å²) < 4.78 is 10.3. The van der Waals surface area contributed by atoms with E-state index >= 15 is 0 Å². The largest absolute Gasteiger partial charge is 0.481 e. The van der Waals surface area contributed by atoms with Crippen LogP contribution in [0.3, 0.4) is 0 Å². The maximum absolute atomic E-state index is 12.1. The van der Waals surface area contributed by atoms with Gasteiger partial charge in [0.05, 0.1) is 18.9 Å². The van der Waals surface area contributed by atoms with Gasteiger partial charge in [0.1, 0.15) is 6.61 Å². The van der Waals surface area contributed by atoms with Gasteiger partial charge in [-0.2, -0.15) is 0 Å². The molecule has 1 aliphatic carbocycles. The van der Waals surface area contributed by atoms with Gasteiger partial charge >= 0.3 is 11.9 Å². The molecule has 0 unspecified atom stereocenters. The molecule has 0 radical (unpaired) electrons. The number of carbonyl (C=O) groups is 2. The molecule has 0 fully saturated rings. The molecule has 1 atom stereocenters. The van der Waals surface area contributed by atoms with Gasteiger partial charge in [0.2, 0.25) is 0 Å². The Kier molecular flexibility index (Phi) is 5.14. The first-order valence-corrected chi connectivity index (χ1v) is 8.17. The maximum atomic E-state index is 12.1. The number of rotatable bonds is 7. The average molecular weight is 340 g/mol. The Morgan fingerprint density at radius 3 is 2.12 bits per heavy atom. The van der Waals surface area contributed by atoms with Crippen LogP contribution in [-0.4, -0.2) is 37.4 Å². The van der Waals surface area contributed by atoms with Gasteiger partial charge in [0.15, 0.2) is 0 Å². The van der Waals surface area contributed by atoms with Crippen LogP contribution in [0.4, 0.5) is 0 Å². The average Bonchev–Trinajstić information content (AvgIpc) is 2.93. The molecule has 3 rings (SSSR count). The minimum Gasteiger partial charge on any atom is -0.481 e. The molecule has 5 nitrogen and oxygen atoms in total. The van der Waals surface area contributed by atoms with Crippen molar-refractivity contribution in [2.24, 2.45) is 5.92 Å². The van der Waals surface area contributed by atoms with Crippen molar-refractivity contribution in [2.45, 2.75) is 12.3 Å². The lowest BCUT2D eigenvalue weighted by molar-refractivity contribution is -0.153. The van der Waals surface area contributed by atoms with E-state index in [0.717, 1.165) is 22.3 Å². The van der Waals surface area contributed by atoms with Gasteiger partial charge in [0.25, 0.3) is 0 Å². The molecule has 0 bridgehead atoms. The highest BCUT2D eigenvalue weighted by Crippen LogP contribution is 2.44. The van der Waals surface area contributed by atoms with Gasteiger partial charge < -0.3 is 14.6 Å². The molecule has 0 saturated heterocycles. The summed E-state index contributed by atoms with van der Waals surface area (Å²) in [6.45, 7) is 0.186. The lowest BCUT2D eigenvalue weighted by Gasteiger charge is -2.15. The smallest absolute Gasteiger partial charge is 0.309 e. The minimum absolute atomic E-state index is 0.0144. The molecule has 0 spiro atoms. The summed E-state index contributed by atoms with van der Waals surface area (Å²) >= 11 is 0. The number of esters is 1. The van der Waals surface area contributed by atoms with E-state index in [-0.39, 0.29) is 25.6 Å². The molecule has 1 N–H and O–H groups in total. The van der Waals surface area contributed by atoms with Gasteiger partial charge in [-0.3, -0.25) is 9.59 Å². The molecule has 2 aromatic carbocycles. The predicted octanol–water partition coefficient (Wildman–Crippen LogP) is 3.08. The zero-order valence-electron chi connectivity index (χ0n) is 14.0. The summed E-state index contributed by atoms with van der Waals surface area (Å²) in [5, 5.41) is 9.11. The van der Waals surface area contributed by atoms with Crippen molar-refractivity contribution < 1.29 is 24.2 Å². The second-order valence-electron chi connectivity index (χ2n) is 6.10. The first kappa shape index (κ1) is 17.2. The number of benzene rings is 2. The van der Waals surface area contributed by atoms with Crippen molar-refractivity contribution in [2.75, 3.05) is 20.3 Å². The van der Waals surface area contributed by atoms with Crippen molar-refractivity contribution in [1.29, 1.82) is 0 Å². The van der Waals surface area contributed by atoms with E-state index < -0.39 is 17.9 Å². The lowest BCUT2D eigenvalue weighted by atomic mass is 9.98. The molecule has 130 valence electrons. The van der Waals surface area contributed by atoms with E-state index in [4.69, 9.17) is 14.6 Å². The first-order chi connectivity index (χ1) is 12.1. The van der Waals surface area contributed by atoms with E-state index in [0.29, 0.717) is 0 Å². The molecule has 1 aliphatic rings. The maximum Gasteiger partial charge on any atom is 0.309 e. The second-order valence-corrected chi connectivity index (χ2v) is 6.10. The normalized spacial score (nSPS) is 13.8. The fourth-order valence-electron chi connectivity index (χ4n) is 3.29. The Hall–Kier alpha value is -2.66. The van der Waals surface area contributed by atoms with E-state index in [9.17, 15) is 9.59 Å². The molecule has 2 aromatic rings. The molecule has 0 saturated carbocycles. The third-order valence-corrected chi connectivity index (χ3v) is 4.50. The molecular formula is C20H20O5. The molecule has 0 amide bonds. The quantitative estimate of drug-likeness (QED) is 0.784. The highest BCUT2D eigenvalue weighted by Gasteiger charge is 2.29. The minimum atomic E-state index is -1.06. The topological polar surface area (TPSA) is 72.8 Å². The van der Waals surface area contributed by atoms with E-state index in [1.165, 1.54) is 7.11 Å². The molecule has 25 heavy (non-hydrogen) atoms. The van der Waals surface area contributed by atoms with Gasteiger partial charge in [0, 0.05) is 13.0 Å². The number of carboxylic acids is 1. The predicted molar refractivity (Wildman–Crippen MR) is 92.3 cm³/mol. The van der Waals surface area contributed by atoms with Crippen LogP contribution < -0.4 is 0 Å². The first-order valence-electron chi connectivity index (χ1n) is 8.17. The van der Waals surface area contributed by atoms with Gasteiger partial charge in [-0.1, -0.05) is 48.5 Å². The van der Waals surface area contributed by atoms with Crippen molar-refractivity contribution in [1.82, 2.24) is 0 Å². The summed E-state index contributed by atoms with van der Waals surface area (Å²) in [7, 11) is 1.41. The number of methoxy groups -OCH3 is 1. The van der Waals surface area contributed by atoms with Crippen LogP contribution >= 0.6 is 0 Å². The Morgan fingerprint density at radius 1 is 1.04 bits per heavy atom. The van der Waals surface area contributed by atoms with Crippen LogP contribution in [0.2, 0.25) is 0 Å². The highest BCUT2D eigenvalue weighted by molar-refractivity contribution is 5.80. The molecule has 0 aromatic heterocycles. The number of carboxylic acid groups (broad SMARTS) is 1. The zero-order valence-corrected chi connectivity index (χ0v) is 14.0. The van der Waals surface area contributed by atoms with Crippen molar-refractivity contribution in [3.05, 3.63) is 59.7 Å². The van der Waals surface area contributed by atoms with Gasteiger partial charge in [-0.15, -0.1) is 0 Å². The van der Waals surface area contributed by atoms with E-state index in [2.05, 4.69) is 12.1 Å². The van der Waals surface area contributed by atoms with Gasteiger partial charge in [-0.05, 0) is 22.3 Å². The van der Waals surface area contributed by atoms with E-state index in [1.807, 2.05) is 36.4 Å². The van der Waals surface area contributed by atoms with Crippen molar-refractivity contribution >= 4 is 11.9 Å². The van der Waals surface area contributed by atoms with Crippen LogP contribution in [0, 0.1) is 5.92 Å². The van der Waals surface area contributed by atoms with Crippen molar-refractivity contribution in [3.63, 3.8) is 0 Å². The van der Waals surface area contributed by atoms with Crippen LogP contribution in [0.1, 0.15) is 23.5 Å². The third-order valence-electron chi connectivity index (χ3n) is 4.50. The number of hydrogen-bond acceptors (Lipinski definition) is 4. The Labute approximate surface area is 146 Å².